The molecule has 4 rings (SSSR count). The third-order valence-electron chi connectivity index (χ3n) is 4.63. The normalized spacial score (nSPS) is 14.2. The second-order valence-corrected chi connectivity index (χ2v) is 7.56. The van der Waals surface area contributed by atoms with Crippen molar-refractivity contribution in [2.75, 3.05) is 41.3 Å². The zero-order valence-electron chi connectivity index (χ0n) is 15.2. The smallest absolute Gasteiger partial charge is 0.230 e. The molecule has 3 heterocycles. The molecule has 3 aromatic rings. The highest BCUT2D eigenvalue weighted by molar-refractivity contribution is 7.10. The van der Waals surface area contributed by atoms with E-state index in [-0.39, 0.29) is 11.7 Å². The highest BCUT2D eigenvalue weighted by atomic mass is 32.1. The van der Waals surface area contributed by atoms with Crippen molar-refractivity contribution >= 4 is 34.6 Å². The average molecular weight is 397 g/mol. The molecule has 0 radical (unpaired) electrons. The Morgan fingerprint density at radius 1 is 1.00 bits per heavy atom. The Labute approximate surface area is 166 Å². The number of amides is 1. The van der Waals surface area contributed by atoms with Crippen molar-refractivity contribution in [3.05, 3.63) is 64.6 Å². The second-order valence-electron chi connectivity index (χ2n) is 6.53. The number of nitrogens with zero attached hydrogens (tertiary/aromatic N) is 4. The highest BCUT2D eigenvalue weighted by Crippen LogP contribution is 2.20. The molecular formula is C20H20FN5OS. The molecule has 1 saturated heterocycles. The van der Waals surface area contributed by atoms with E-state index in [1.807, 2.05) is 23.6 Å². The lowest BCUT2D eigenvalue weighted by Crippen LogP contribution is -2.46. The first-order valence-electron chi connectivity index (χ1n) is 9.09. The molecule has 0 spiro atoms. The van der Waals surface area contributed by atoms with Gasteiger partial charge in [0.15, 0.2) is 11.6 Å². The molecular weight excluding hydrogens is 377 g/mol. The zero-order chi connectivity index (χ0) is 19.3. The number of nitrogens with one attached hydrogen (secondary N) is 1. The number of benzene rings is 1. The number of aromatic nitrogens is 2. The van der Waals surface area contributed by atoms with Gasteiger partial charge in [-0.3, -0.25) is 4.79 Å². The van der Waals surface area contributed by atoms with Gasteiger partial charge < -0.3 is 15.1 Å². The predicted molar refractivity (Wildman–Crippen MR) is 110 cm³/mol. The fourth-order valence-electron chi connectivity index (χ4n) is 3.16. The van der Waals surface area contributed by atoms with Gasteiger partial charge in [-0.2, -0.15) is 0 Å². The molecule has 1 aliphatic rings. The summed E-state index contributed by atoms with van der Waals surface area (Å²) in [4.78, 5) is 17.4. The lowest BCUT2D eigenvalue weighted by atomic mass is 10.2. The summed E-state index contributed by atoms with van der Waals surface area (Å²) in [6, 6.07) is 14.1. The van der Waals surface area contributed by atoms with Crippen molar-refractivity contribution in [2.24, 2.45) is 0 Å². The Morgan fingerprint density at radius 2 is 1.75 bits per heavy atom. The first-order valence-corrected chi connectivity index (χ1v) is 9.97. The number of halogens is 1. The Hall–Kier alpha value is -3.00. The van der Waals surface area contributed by atoms with Gasteiger partial charge >= 0.3 is 0 Å². The molecule has 1 aliphatic heterocycles. The summed E-state index contributed by atoms with van der Waals surface area (Å²) in [6.45, 7) is 3.26. The standard InChI is InChI=1S/C20H20FN5OS/c21-15-3-5-16(6-4-15)25-9-11-26(12-10-25)19-8-7-18(23-24-19)22-20(27)14-17-2-1-13-28-17/h1-8,13H,9-12,14H2,(H,22,23,27). The zero-order valence-corrected chi connectivity index (χ0v) is 16.0. The van der Waals surface area contributed by atoms with Gasteiger partial charge in [0, 0.05) is 36.7 Å². The Bertz CT molecular complexity index is 907. The first-order chi connectivity index (χ1) is 13.7. The van der Waals surface area contributed by atoms with Crippen LogP contribution in [-0.4, -0.2) is 42.3 Å². The number of thiophene rings is 1. The summed E-state index contributed by atoms with van der Waals surface area (Å²) in [7, 11) is 0. The summed E-state index contributed by atoms with van der Waals surface area (Å²) in [5, 5.41) is 13.1. The molecule has 0 saturated carbocycles. The second kappa shape index (κ2) is 8.35. The van der Waals surface area contributed by atoms with Crippen LogP contribution in [0.1, 0.15) is 4.88 Å². The summed E-state index contributed by atoms with van der Waals surface area (Å²) < 4.78 is 13.1. The number of carbonyl (C=O) groups is 1. The van der Waals surface area contributed by atoms with Crippen LogP contribution < -0.4 is 15.1 Å². The fraction of sp³-hybridized carbons (Fsp3) is 0.250. The fourth-order valence-corrected chi connectivity index (χ4v) is 3.87. The van der Waals surface area contributed by atoms with Gasteiger partial charge in [0.2, 0.25) is 5.91 Å². The maximum atomic E-state index is 13.1. The molecule has 0 unspecified atom stereocenters. The quantitative estimate of drug-likeness (QED) is 0.717. The van der Waals surface area contributed by atoms with E-state index < -0.39 is 0 Å². The Kier molecular flexibility index (Phi) is 5.48. The highest BCUT2D eigenvalue weighted by Gasteiger charge is 2.19. The first kappa shape index (κ1) is 18.4. The van der Waals surface area contributed by atoms with Crippen LogP contribution in [0.15, 0.2) is 53.9 Å². The van der Waals surface area contributed by atoms with Gasteiger partial charge in [-0.1, -0.05) is 6.07 Å². The van der Waals surface area contributed by atoms with Gasteiger partial charge in [0.05, 0.1) is 6.42 Å². The predicted octanol–water partition coefficient (Wildman–Crippen LogP) is 3.19. The molecule has 0 bridgehead atoms. The number of rotatable bonds is 5. The molecule has 28 heavy (non-hydrogen) atoms. The molecule has 2 aromatic heterocycles. The largest absolute Gasteiger partial charge is 0.368 e. The van der Waals surface area contributed by atoms with Crippen LogP contribution in [0.4, 0.5) is 21.7 Å². The van der Waals surface area contributed by atoms with E-state index in [1.165, 1.54) is 12.1 Å². The Balaban J connectivity index is 1.30. The molecule has 1 amide bonds. The molecule has 1 N–H and O–H groups in total. The van der Waals surface area contributed by atoms with E-state index in [9.17, 15) is 9.18 Å². The van der Waals surface area contributed by atoms with Crippen LogP contribution >= 0.6 is 11.3 Å². The summed E-state index contributed by atoms with van der Waals surface area (Å²) in [5.74, 6) is 0.919. The van der Waals surface area contributed by atoms with Crippen molar-refractivity contribution < 1.29 is 9.18 Å². The van der Waals surface area contributed by atoms with Gasteiger partial charge in [-0.15, -0.1) is 21.5 Å². The minimum absolute atomic E-state index is 0.0996. The Morgan fingerprint density at radius 3 is 2.39 bits per heavy atom. The van der Waals surface area contributed by atoms with E-state index in [2.05, 4.69) is 25.3 Å². The van der Waals surface area contributed by atoms with Gasteiger partial charge in [-0.05, 0) is 47.8 Å². The van der Waals surface area contributed by atoms with Crippen molar-refractivity contribution in [1.29, 1.82) is 0 Å². The number of anilines is 3. The van der Waals surface area contributed by atoms with Gasteiger partial charge in [-0.25, -0.2) is 4.39 Å². The molecule has 0 aliphatic carbocycles. The minimum Gasteiger partial charge on any atom is -0.368 e. The summed E-state index contributed by atoms with van der Waals surface area (Å²) in [6.07, 6.45) is 0.340. The van der Waals surface area contributed by atoms with E-state index in [0.29, 0.717) is 12.2 Å². The molecule has 0 atom stereocenters. The van der Waals surface area contributed by atoms with Crippen molar-refractivity contribution in [3.8, 4) is 0 Å². The summed E-state index contributed by atoms with van der Waals surface area (Å²) in [5.41, 5.74) is 1.02. The maximum absolute atomic E-state index is 13.1. The van der Waals surface area contributed by atoms with E-state index in [4.69, 9.17) is 0 Å². The average Bonchev–Trinajstić information content (AvgIpc) is 3.22. The van der Waals surface area contributed by atoms with Crippen molar-refractivity contribution in [2.45, 2.75) is 6.42 Å². The lowest BCUT2D eigenvalue weighted by molar-refractivity contribution is -0.115. The van der Waals surface area contributed by atoms with Crippen LogP contribution in [0, 0.1) is 5.82 Å². The van der Waals surface area contributed by atoms with E-state index >= 15 is 0 Å². The van der Waals surface area contributed by atoms with Crippen molar-refractivity contribution in [1.82, 2.24) is 10.2 Å². The van der Waals surface area contributed by atoms with Crippen LogP contribution in [0.5, 0.6) is 0 Å². The third-order valence-corrected chi connectivity index (χ3v) is 5.50. The molecule has 1 aromatic carbocycles. The van der Waals surface area contributed by atoms with Gasteiger partial charge in [0.1, 0.15) is 5.82 Å². The van der Waals surface area contributed by atoms with Gasteiger partial charge in [0.25, 0.3) is 0 Å². The monoisotopic (exact) mass is 397 g/mol. The van der Waals surface area contributed by atoms with Crippen LogP contribution in [-0.2, 0) is 11.2 Å². The van der Waals surface area contributed by atoms with Crippen LogP contribution in [0.2, 0.25) is 0 Å². The number of hydrogen-bond donors (Lipinski definition) is 1. The lowest BCUT2D eigenvalue weighted by Gasteiger charge is -2.36. The number of carbonyl (C=O) groups excluding carboxylic acids is 1. The number of hydrogen-bond acceptors (Lipinski definition) is 6. The third kappa shape index (κ3) is 4.45. The molecule has 144 valence electrons. The minimum atomic E-state index is -0.222. The van der Waals surface area contributed by atoms with Crippen molar-refractivity contribution in [3.63, 3.8) is 0 Å². The van der Waals surface area contributed by atoms with E-state index in [1.54, 1.807) is 29.5 Å². The number of piperazine rings is 1. The molecule has 8 heteroatoms. The summed E-state index contributed by atoms with van der Waals surface area (Å²) >= 11 is 1.56. The van der Waals surface area contributed by atoms with Crippen LogP contribution in [0.3, 0.4) is 0 Å². The maximum Gasteiger partial charge on any atom is 0.230 e. The SMILES string of the molecule is O=C(Cc1cccs1)Nc1ccc(N2CCN(c3ccc(F)cc3)CC2)nn1. The molecule has 1 fully saturated rings. The van der Waals surface area contributed by atoms with E-state index in [0.717, 1.165) is 42.6 Å². The topological polar surface area (TPSA) is 61.4 Å². The molecule has 6 nitrogen and oxygen atoms in total. The van der Waals surface area contributed by atoms with Crippen LogP contribution in [0.25, 0.3) is 0 Å².